The molecule has 4 nitrogen and oxygen atoms in total. The van der Waals surface area contributed by atoms with Crippen LogP contribution in [0.1, 0.15) is 10.4 Å². The zero-order valence-electron chi connectivity index (χ0n) is 9.58. The van der Waals surface area contributed by atoms with Crippen molar-refractivity contribution in [2.24, 2.45) is 12.9 Å². The number of benzene rings is 1. The standard InChI is InChI=1S/C13H13N3O/c1-15-9-7-11(8-10-15)13(17)16(14)12-5-3-2-4-6-12/h2-10,14H,1H3/p+1. The molecule has 86 valence electrons. The fraction of sp³-hybridized carbons (Fsp3) is 0.0769. The SMILES string of the molecule is C[n+]1ccc(C(=O)N(N)c2ccccc2)cc1. The first-order valence-corrected chi connectivity index (χ1v) is 5.28. The number of para-hydroxylation sites is 1. The monoisotopic (exact) mass is 228 g/mol. The summed E-state index contributed by atoms with van der Waals surface area (Å²) in [4.78, 5) is 12.0. The Morgan fingerprint density at radius 3 is 2.29 bits per heavy atom. The molecule has 0 unspecified atom stereocenters. The van der Waals surface area contributed by atoms with E-state index in [1.807, 2.05) is 42.2 Å². The molecule has 1 heterocycles. The summed E-state index contributed by atoms with van der Waals surface area (Å²) in [6.07, 6.45) is 3.62. The minimum atomic E-state index is -0.225. The summed E-state index contributed by atoms with van der Waals surface area (Å²) in [5, 5.41) is 1.15. The van der Waals surface area contributed by atoms with Crippen LogP contribution >= 0.6 is 0 Å². The van der Waals surface area contributed by atoms with Crippen LogP contribution in [0, 0.1) is 0 Å². The number of pyridine rings is 1. The van der Waals surface area contributed by atoms with E-state index in [1.165, 1.54) is 0 Å². The number of aryl methyl sites for hydroxylation is 1. The number of hydrazine groups is 1. The van der Waals surface area contributed by atoms with E-state index in [2.05, 4.69) is 0 Å². The average molecular weight is 228 g/mol. The second-order valence-corrected chi connectivity index (χ2v) is 3.76. The fourth-order valence-corrected chi connectivity index (χ4v) is 1.49. The van der Waals surface area contributed by atoms with Gasteiger partial charge in [0.05, 0.1) is 11.3 Å². The van der Waals surface area contributed by atoms with Gasteiger partial charge in [0, 0.05) is 12.1 Å². The van der Waals surface area contributed by atoms with Crippen molar-refractivity contribution in [1.29, 1.82) is 0 Å². The number of hydrogen-bond donors (Lipinski definition) is 1. The van der Waals surface area contributed by atoms with Crippen molar-refractivity contribution in [3.8, 4) is 0 Å². The van der Waals surface area contributed by atoms with Crippen molar-refractivity contribution in [2.75, 3.05) is 5.01 Å². The third kappa shape index (κ3) is 2.49. The van der Waals surface area contributed by atoms with Gasteiger partial charge in [-0.3, -0.25) is 4.79 Å². The molecule has 0 saturated heterocycles. The maximum absolute atomic E-state index is 12.0. The Bertz CT molecular complexity index is 508. The molecule has 0 radical (unpaired) electrons. The van der Waals surface area contributed by atoms with Gasteiger partial charge in [-0.25, -0.2) is 15.4 Å². The highest BCUT2D eigenvalue weighted by Crippen LogP contribution is 2.12. The van der Waals surface area contributed by atoms with Gasteiger partial charge in [0.2, 0.25) is 0 Å². The number of amides is 1. The van der Waals surface area contributed by atoms with Crippen LogP contribution in [0.3, 0.4) is 0 Å². The van der Waals surface area contributed by atoms with Crippen LogP contribution in [0.25, 0.3) is 0 Å². The van der Waals surface area contributed by atoms with E-state index in [1.54, 1.807) is 24.3 Å². The van der Waals surface area contributed by atoms with E-state index in [0.29, 0.717) is 11.3 Å². The van der Waals surface area contributed by atoms with E-state index in [4.69, 9.17) is 5.84 Å². The fourth-order valence-electron chi connectivity index (χ4n) is 1.49. The van der Waals surface area contributed by atoms with E-state index < -0.39 is 0 Å². The highest BCUT2D eigenvalue weighted by Gasteiger charge is 2.14. The Morgan fingerprint density at radius 2 is 1.71 bits per heavy atom. The molecule has 4 heteroatoms. The number of anilines is 1. The zero-order valence-corrected chi connectivity index (χ0v) is 9.58. The number of carbonyl (C=O) groups is 1. The molecule has 1 aromatic heterocycles. The van der Waals surface area contributed by atoms with Crippen molar-refractivity contribution in [3.05, 3.63) is 60.4 Å². The smallest absolute Gasteiger partial charge is 0.267 e. The number of carbonyl (C=O) groups excluding carboxylic acids is 1. The van der Waals surface area contributed by atoms with Crippen LogP contribution in [0.4, 0.5) is 5.69 Å². The Kier molecular flexibility index (Phi) is 3.16. The predicted molar refractivity (Wildman–Crippen MR) is 65.1 cm³/mol. The minimum Gasteiger partial charge on any atom is -0.267 e. The van der Waals surface area contributed by atoms with Gasteiger partial charge in [-0.2, -0.15) is 0 Å². The van der Waals surface area contributed by atoms with Crippen LogP contribution in [0.5, 0.6) is 0 Å². The molecule has 0 aliphatic rings. The third-order valence-electron chi connectivity index (χ3n) is 2.48. The summed E-state index contributed by atoms with van der Waals surface area (Å²) in [7, 11) is 1.89. The van der Waals surface area contributed by atoms with Gasteiger partial charge in [-0.1, -0.05) is 18.2 Å². The molecule has 0 fully saturated rings. The van der Waals surface area contributed by atoms with Crippen LogP contribution in [0.2, 0.25) is 0 Å². The molecule has 2 rings (SSSR count). The lowest BCUT2D eigenvalue weighted by Gasteiger charge is -2.15. The number of nitrogens with two attached hydrogens (primary N) is 1. The summed E-state index contributed by atoms with van der Waals surface area (Å²) < 4.78 is 1.86. The molecule has 0 aliphatic carbocycles. The van der Waals surface area contributed by atoms with Gasteiger partial charge in [-0.05, 0) is 12.1 Å². The molecule has 1 aromatic carbocycles. The van der Waals surface area contributed by atoms with Gasteiger partial charge in [0.25, 0.3) is 5.91 Å². The second kappa shape index (κ2) is 4.76. The van der Waals surface area contributed by atoms with Crippen molar-refractivity contribution in [1.82, 2.24) is 0 Å². The molecular weight excluding hydrogens is 214 g/mol. The largest absolute Gasteiger partial charge is 0.272 e. The predicted octanol–water partition coefficient (Wildman–Crippen LogP) is 1.03. The van der Waals surface area contributed by atoms with E-state index in [-0.39, 0.29) is 5.91 Å². The Morgan fingerprint density at radius 1 is 1.12 bits per heavy atom. The first-order chi connectivity index (χ1) is 8.18. The van der Waals surface area contributed by atoms with Crippen LogP contribution in [-0.2, 0) is 7.05 Å². The topological polar surface area (TPSA) is 50.2 Å². The van der Waals surface area contributed by atoms with Crippen LogP contribution in [-0.4, -0.2) is 5.91 Å². The molecular formula is C13H14N3O+. The summed E-state index contributed by atoms with van der Waals surface area (Å²) in [5.74, 6) is 5.56. The Labute approximate surface area is 99.9 Å². The highest BCUT2D eigenvalue weighted by atomic mass is 16.2. The first-order valence-electron chi connectivity index (χ1n) is 5.28. The maximum Gasteiger partial charge on any atom is 0.272 e. The molecule has 0 spiro atoms. The summed E-state index contributed by atoms with van der Waals surface area (Å²) in [5.41, 5.74) is 1.24. The van der Waals surface area contributed by atoms with E-state index >= 15 is 0 Å². The quantitative estimate of drug-likeness (QED) is 0.361. The van der Waals surface area contributed by atoms with E-state index in [9.17, 15) is 4.79 Å². The first kappa shape index (κ1) is 11.3. The number of hydrogen-bond acceptors (Lipinski definition) is 2. The van der Waals surface area contributed by atoms with Gasteiger partial charge in [-0.15, -0.1) is 0 Å². The van der Waals surface area contributed by atoms with Gasteiger partial charge >= 0.3 is 0 Å². The van der Waals surface area contributed by atoms with Crippen molar-refractivity contribution >= 4 is 11.6 Å². The van der Waals surface area contributed by atoms with Gasteiger partial charge in [0.1, 0.15) is 7.05 Å². The summed E-state index contributed by atoms with van der Waals surface area (Å²) in [6, 6.07) is 12.6. The third-order valence-corrected chi connectivity index (χ3v) is 2.48. The molecule has 2 aromatic rings. The van der Waals surface area contributed by atoms with Gasteiger partial charge < -0.3 is 0 Å². The maximum atomic E-state index is 12.0. The molecule has 17 heavy (non-hydrogen) atoms. The van der Waals surface area contributed by atoms with Crippen LogP contribution in [0.15, 0.2) is 54.9 Å². The zero-order chi connectivity index (χ0) is 12.3. The molecule has 0 saturated carbocycles. The van der Waals surface area contributed by atoms with Crippen molar-refractivity contribution in [3.63, 3.8) is 0 Å². The average Bonchev–Trinajstić information content (AvgIpc) is 2.39. The van der Waals surface area contributed by atoms with Crippen molar-refractivity contribution < 1.29 is 9.36 Å². The number of rotatable bonds is 2. The summed E-state index contributed by atoms with van der Waals surface area (Å²) in [6.45, 7) is 0. The molecule has 0 bridgehead atoms. The highest BCUT2D eigenvalue weighted by molar-refractivity contribution is 6.05. The summed E-state index contributed by atoms with van der Waals surface area (Å²) >= 11 is 0. The van der Waals surface area contributed by atoms with E-state index in [0.717, 1.165) is 5.01 Å². The molecule has 1 amide bonds. The Balaban J connectivity index is 2.23. The minimum absolute atomic E-state index is 0.225. The number of nitrogens with zero attached hydrogens (tertiary/aromatic N) is 2. The lowest BCUT2D eigenvalue weighted by atomic mass is 10.2. The normalized spacial score (nSPS) is 10.0. The number of aromatic nitrogens is 1. The van der Waals surface area contributed by atoms with Crippen LogP contribution < -0.4 is 15.4 Å². The lowest BCUT2D eigenvalue weighted by molar-refractivity contribution is -0.671. The molecule has 0 atom stereocenters. The Hall–Kier alpha value is -2.20. The molecule has 0 aliphatic heterocycles. The lowest BCUT2D eigenvalue weighted by Crippen LogP contribution is -2.38. The van der Waals surface area contributed by atoms with Gasteiger partial charge in [0.15, 0.2) is 12.4 Å². The second-order valence-electron chi connectivity index (χ2n) is 3.76. The molecule has 2 N–H and O–H groups in total. The van der Waals surface area contributed by atoms with Crippen molar-refractivity contribution in [2.45, 2.75) is 0 Å².